The van der Waals surface area contributed by atoms with E-state index < -0.39 is 0 Å². The van der Waals surface area contributed by atoms with Crippen LogP contribution < -0.4 is 10.6 Å². The zero-order valence-corrected chi connectivity index (χ0v) is 19.4. The van der Waals surface area contributed by atoms with Crippen LogP contribution in [0.15, 0.2) is 4.99 Å². The summed E-state index contributed by atoms with van der Waals surface area (Å²) in [5.41, 5.74) is 0. The minimum atomic E-state index is 0. The normalized spacial score (nSPS) is 15.4. The Hall–Kier alpha value is -0.940. The van der Waals surface area contributed by atoms with E-state index in [4.69, 9.17) is 9.73 Å². The van der Waals surface area contributed by atoms with Crippen LogP contribution in [0.3, 0.4) is 0 Å². The second-order valence-corrected chi connectivity index (χ2v) is 6.76. The van der Waals surface area contributed by atoms with E-state index in [-0.39, 0.29) is 24.0 Å². The van der Waals surface area contributed by atoms with Crippen molar-refractivity contribution < 1.29 is 4.74 Å². The first-order valence-electron chi connectivity index (χ1n) is 9.88. The molecule has 1 aromatic rings. The zero-order valence-electron chi connectivity index (χ0n) is 17.0. The van der Waals surface area contributed by atoms with E-state index in [0.717, 1.165) is 63.5 Å². The Morgan fingerprint density at radius 3 is 2.52 bits per heavy atom. The maximum Gasteiger partial charge on any atom is 0.191 e. The van der Waals surface area contributed by atoms with Gasteiger partial charge in [0.1, 0.15) is 12.4 Å². The highest BCUT2D eigenvalue weighted by Gasteiger charge is 2.10. The average Bonchev–Trinajstić information content (AvgIpc) is 2.98. The fourth-order valence-corrected chi connectivity index (χ4v) is 2.83. The van der Waals surface area contributed by atoms with E-state index in [0.29, 0.717) is 6.54 Å². The van der Waals surface area contributed by atoms with Crippen molar-refractivity contribution in [3.8, 4) is 0 Å². The molecule has 1 saturated heterocycles. The number of aromatic nitrogens is 3. The Balaban J connectivity index is 0.00000364. The molecule has 0 spiro atoms. The first-order chi connectivity index (χ1) is 12.7. The summed E-state index contributed by atoms with van der Waals surface area (Å²) in [4.78, 5) is 7.11. The smallest absolute Gasteiger partial charge is 0.191 e. The van der Waals surface area contributed by atoms with Crippen LogP contribution in [-0.2, 0) is 18.3 Å². The van der Waals surface area contributed by atoms with E-state index in [1.165, 1.54) is 25.7 Å². The van der Waals surface area contributed by atoms with Crippen molar-refractivity contribution in [2.24, 2.45) is 12.0 Å². The van der Waals surface area contributed by atoms with E-state index in [1.54, 1.807) is 0 Å². The lowest BCUT2D eigenvalue weighted by Crippen LogP contribution is -2.44. The van der Waals surface area contributed by atoms with Gasteiger partial charge < -0.3 is 19.9 Å². The van der Waals surface area contributed by atoms with Gasteiger partial charge in [0.25, 0.3) is 0 Å². The molecule has 1 aliphatic heterocycles. The van der Waals surface area contributed by atoms with Gasteiger partial charge in [-0.15, -0.1) is 34.2 Å². The van der Waals surface area contributed by atoms with Crippen molar-refractivity contribution in [1.29, 1.82) is 0 Å². The molecule has 0 aromatic carbocycles. The number of halogens is 1. The number of aryl methyl sites for hydroxylation is 1. The lowest BCUT2D eigenvalue weighted by atomic mass is 10.2. The first-order valence-corrected chi connectivity index (χ1v) is 9.88. The molecule has 9 heteroatoms. The summed E-state index contributed by atoms with van der Waals surface area (Å²) in [7, 11) is 1.98. The summed E-state index contributed by atoms with van der Waals surface area (Å²) in [5.74, 6) is 2.64. The summed E-state index contributed by atoms with van der Waals surface area (Å²) in [6.45, 7) is 11.2. The fraction of sp³-hybridized carbons (Fsp3) is 0.833. The minimum Gasteiger partial charge on any atom is -0.379 e. The van der Waals surface area contributed by atoms with Crippen molar-refractivity contribution in [3.63, 3.8) is 0 Å². The summed E-state index contributed by atoms with van der Waals surface area (Å²) >= 11 is 0. The van der Waals surface area contributed by atoms with Gasteiger partial charge in [0, 0.05) is 39.8 Å². The van der Waals surface area contributed by atoms with Gasteiger partial charge in [-0.05, 0) is 13.3 Å². The maximum atomic E-state index is 5.40. The van der Waals surface area contributed by atoms with Gasteiger partial charge in [-0.3, -0.25) is 4.90 Å². The molecule has 1 aromatic heterocycles. The predicted octanol–water partition coefficient (Wildman–Crippen LogP) is 1.69. The molecule has 2 heterocycles. The monoisotopic (exact) mass is 493 g/mol. The van der Waals surface area contributed by atoms with Gasteiger partial charge in [0.05, 0.1) is 13.2 Å². The minimum absolute atomic E-state index is 0. The molecule has 2 rings (SSSR count). The summed E-state index contributed by atoms with van der Waals surface area (Å²) in [6.07, 6.45) is 4.97. The van der Waals surface area contributed by atoms with Crippen LogP contribution in [-0.4, -0.2) is 71.6 Å². The molecule has 8 nitrogen and oxygen atoms in total. The standard InChI is InChI=1S/C18H35N7O.HI/c1-4-5-6-7-8-19-18(20-9-10-25-11-13-26-14-12-25)21-15-17-23-22-16(2)24(17)3;/h4-15H2,1-3H3,(H2,19,20,21);1H. The molecule has 27 heavy (non-hydrogen) atoms. The van der Waals surface area contributed by atoms with Crippen LogP contribution in [0.1, 0.15) is 44.3 Å². The third kappa shape index (κ3) is 9.20. The molecule has 156 valence electrons. The average molecular weight is 493 g/mol. The van der Waals surface area contributed by atoms with Crippen molar-refractivity contribution in [1.82, 2.24) is 30.3 Å². The first kappa shape index (κ1) is 24.1. The molecule has 0 saturated carbocycles. The molecular weight excluding hydrogens is 457 g/mol. The summed E-state index contributed by atoms with van der Waals surface area (Å²) in [6, 6.07) is 0. The topological polar surface area (TPSA) is 79.6 Å². The van der Waals surface area contributed by atoms with Crippen LogP contribution in [0.2, 0.25) is 0 Å². The molecule has 1 aliphatic rings. The number of morpholine rings is 1. The highest BCUT2D eigenvalue weighted by Crippen LogP contribution is 2.00. The van der Waals surface area contributed by atoms with Gasteiger partial charge in [-0.1, -0.05) is 26.2 Å². The van der Waals surface area contributed by atoms with Crippen LogP contribution in [0, 0.1) is 6.92 Å². The Kier molecular flexibility index (Phi) is 12.6. The van der Waals surface area contributed by atoms with Gasteiger partial charge >= 0.3 is 0 Å². The van der Waals surface area contributed by atoms with Crippen LogP contribution in [0.25, 0.3) is 0 Å². The summed E-state index contributed by atoms with van der Waals surface area (Å²) in [5, 5.41) is 15.2. The van der Waals surface area contributed by atoms with Crippen LogP contribution >= 0.6 is 24.0 Å². The largest absolute Gasteiger partial charge is 0.379 e. The van der Waals surface area contributed by atoms with E-state index in [9.17, 15) is 0 Å². The second-order valence-electron chi connectivity index (χ2n) is 6.76. The molecule has 0 unspecified atom stereocenters. The van der Waals surface area contributed by atoms with Crippen molar-refractivity contribution >= 4 is 29.9 Å². The number of rotatable bonds is 10. The van der Waals surface area contributed by atoms with E-state index in [1.807, 2.05) is 18.5 Å². The SMILES string of the molecule is CCCCCCNC(=NCc1nnc(C)n1C)NCCN1CCOCC1.I. The fourth-order valence-electron chi connectivity index (χ4n) is 2.83. The molecular formula is C18H36IN7O. The molecule has 0 atom stereocenters. The van der Waals surface area contributed by atoms with Gasteiger partial charge in [0.2, 0.25) is 0 Å². The number of nitrogens with zero attached hydrogens (tertiary/aromatic N) is 5. The number of guanidine groups is 1. The van der Waals surface area contributed by atoms with Gasteiger partial charge in [-0.2, -0.15) is 0 Å². The Morgan fingerprint density at radius 2 is 1.85 bits per heavy atom. The molecule has 0 amide bonds. The zero-order chi connectivity index (χ0) is 18.6. The van der Waals surface area contributed by atoms with E-state index in [2.05, 4.69) is 32.7 Å². The highest BCUT2D eigenvalue weighted by molar-refractivity contribution is 14.0. The molecule has 0 aliphatic carbocycles. The number of nitrogens with one attached hydrogen (secondary N) is 2. The quantitative estimate of drug-likeness (QED) is 0.224. The third-order valence-corrected chi connectivity index (χ3v) is 4.71. The number of ether oxygens (including phenoxy) is 1. The highest BCUT2D eigenvalue weighted by atomic mass is 127. The lowest BCUT2D eigenvalue weighted by molar-refractivity contribution is 0.0389. The van der Waals surface area contributed by atoms with E-state index >= 15 is 0 Å². The van der Waals surface area contributed by atoms with Crippen LogP contribution in [0.5, 0.6) is 0 Å². The van der Waals surface area contributed by atoms with Crippen molar-refractivity contribution in [2.75, 3.05) is 45.9 Å². The predicted molar refractivity (Wildman–Crippen MR) is 120 cm³/mol. The molecule has 0 bridgehead atoms. The number of hydrogen-bond acceptors (Lipinski definition) is 5. The molecule has 2 N–H and O–H groups in total. The van der Waals surface area contributed by atoms with Crippen LogP contribution in [0.4, 0.5) is 0 Å². The number of aliphatic imine (C=N–C) groups is 1. The van der Waals surface area contributed by atoms with Gasteiger partial charge in [-0.25, -0.2) is 4.99 Å². The van der Waals surface area contributed by atoms with Gasteiger partial charge in [0.15, 0.2) is 11.8 Å². The lowest BCUT2D eigenvalue weighted by Gasteiger charge is -2.26. The van der Waals surface area contributed by atoms with Crippen molar-refractivity contribution in [3.05, 3.63) is 11.6 Å². The Morgan fingerprint density at radius 1 is 1.11 bits per heavy atom. The summed E-state index contributed by atoms with van der Waals surface area (Å²) < 4.78 is 7.38. The Labute approximate surface area is 180 Å². The third-order valence-electron chi connectivity index (χ3n) is 4.71. The second kappa shape index (κ2) is 14.1. The maximum absolute atomic E-state index is 5.40. The number of hydrogen-bond donors (Lipinski definition) is 2. The molecule has 0 radical (unpaired) electrons. The van der Waals surface area contributed by atoms with Crippen molar-refractivity contribution in [2.45, 2.75) is 46.1 Å². The number of unbranched alkanes of at least 4 members (excludes halogenated alkanes) is 3. The Bertz CT molecular complexity index is 544. The molecule has 1 fully saturated rings.